The third kappa shape index (κ3) is 4.20. The second kappa shape index (κ2) is 8.23. The van der Waals surface area contributed by atoms with Gasteiger partial charge in [0.25, 0.3) is 0 Å². The summed E-state index contributed by atoms with van der Waals surface area (Å²) in [6.45, 7) is 4.23. The highest BCUT2D eigenvalue weighted by Crippen LogP contribution is 2.29. The molecule has 2 fully saturated rings. The quantitative estimate of drug-likeness (QED) is 0.802. The number of aromatic nitrogens is 2. The van der Waals surface area contributed by atoms with Gasteiger partial charge in [-0.25, -0.2) is 22.7 Å². The van der Waals surface area contributed by atoms with Crippen LogP contribution >= 0.6 is 0 Å². The number of nitrogens with zero attached hydrogens (tertiary/aromatic N) is 4. The van der Waals surface area contributed by atoms with Crippen LogP contribution in [0, 0.1) is 5.92 Å². The Morgan fingerprint density at radius 2 is 1.69 bits per heavy atom. The summed E-state index contributed by atoms with van der Waals surface area (Å²) in [4.78, 5) is 24.6. The Balaban J connectivity index is 1.52. The van der Waals surface area contributed by atoms with Crippen LogP contribution in [0.1, 0.15) is 32.6 Å². The van der Waals surface area contributed by atoms with Crippen molar-refractivity contribution in [1.29, 1.82) is 0 Å². The van der Waals surface area contributed by atoms with Gasteiger partial charge in [-0.15, -0.1) is 0 Å². The molecule has 0 spiro atoms. The average Bonchev–Trinajstić information content (AvgIpc) is 3.28. The molecule has 1 aromatic carbocycles. The topological polar surface area (TPSA) is 95.5 Å². The molecule has 0 unspecified atom stereocenters. The smallest absolute Gasteiger partial charge is 0.228 e. The van der Waals surface area contributed by atoms with Gasteiger partial charge in [-0.1, -0.05) is 12.1 Å². The molecule has 3 heterocycles. The predicted molar refractivity (Wildman–Crippen MR) is 113 cm³/mol. The van der Waals surface area contributed by atoms with Crippen molar-refractivity contribution in [3.8, 4) is 0 Å². The van der Waals surface area contributed by atoms with Gasteiger partial charge in [-0.05, 0) is 44.7 Å². The van der Waals surface area contributed by atoms with Crippen molar-refractivity contribution in [3.63, 3.8) is 0 Å². The van der Waals surface area contributed by atoms with Gasteiger partial charge in [0.15, 0.2) is 11.6 Å². The number of hydrogen-bond donors (Lipinski definition) is 1. The number of carbonyl (C=O) groups excluding carboxylic acids is 1. The Kier molecular flexibility index (Phi) is 5.69. The van der Waals surface area contributed by atoms with Crippen molar-refractivity contribution in [3.05, 3.63) is 24.3 Å². The highest BCUT2D eigenvalue weighted by Gasteiger charge is 2.31. The van der Waals surface area contributed by atoms with Crippen LogP contribution in [0.3, 0.4) is 0 Å². The maximum Gasteiger partial charge on any atom is 0.228 e. The fourth-order valence-electron chi connectivity index (χ4n) is 4.02. The number of hydrogen-bond acceptors (Lipinski definition) is 6. The Morgan fingerprint density at radius 1 is 1.07 bits per heavy atom. The molecular formula is C20H27N5O3S. The first-order chi connectivity index (χ1) is 14.0. The Hall–Kier alpha value is -2.26. The van der Waals surface area contributed by atoms with Crippen LogP contribution in [0.5, 0.6) is 0 Å². The van der Waals surface area contributed by atoms with Gasteiger partial charge in [0.05, 0.1) is 16.8 Å². The van der Waals surface area contributed by atoms with Crippen molar-refractivity contribution in [2.24, 2.45) is 5.92 Å². The molecule has 2 aromatic rings. The van der Waals surface area contributed by atoms with Crippen molar-refractivity contribution in [2.75, 3.05) is 42.1 Å². The van der Waals surface area contributed by atoms with Crippen LogP contribution in [-0.4, -0.2) is 60.5 Å². The minimum atomic E-state index is -3.20. The summed E-state index contributed by atoms with van der Waals surface area (Å²) in [6, 6.07) is 7.65. The zero-order chi connectivity index (χ0) is 20.4. The Bertz CT molecular complexity index is 996. The first-order valence-corrected chi connectivity index (χ1v) is 11.9. The van der Waals surface area contributed by atoms with E-state index in [-0.39, 0.29) is 17.6 Å². The molecule has 1 amide bonds. The maximum atomic E-state index is 12.9. The van der Waals surface area contributed by atoms with E-state index in [2.05, 4.69) is 15.2 Å². The molecule has 0 aliphatic carbocycles. The largest absolute Gasteiger partial charge is 0.354 e. The highest BCUT2D eigenvalue weighted by atomic mass is 32.2. The molecule has 0 saturated carbocycles. The van der Waals surface area contributed by atoms with Gasteiger partial charge in [0.1, 0.15) is 0 Å². The monoisotopic (exact) mass is 417 g/mol. The molecule has 2 saturated heterocycles. The van der Waals surface area contributed by atoms with E-state index in [1.54, 1.807) is 6.92 Å². The lowest BCUT2D eigenvalue weighted by Crippen LogP contribution is -2.42. The second-order valence-corrected chi connectivity index (χ2v) is 9.90. The zero-order valence-electron chi connectivity index (χ0n) is 16.7. The van der Waals surface area contributed by atoms with E-state index >= 15 is 0 Å². The van der Waals surface area contributed by atoms with E-state index in [0.717, 1.165) is 42.8 Å². The fourth-order valence-corrected chi connectivity index (χ4v) is 5.15. The van der Waals surface area contributed by atoms with E-state index in [1.165, 1.54) is 4.31 Å². The number of fused-ring (bicyclic) bond motifs is 1. The number of para-hydroxylation sites is 2. The molecule has 1 N–H and O–H groups in total. The van der Waals surface area contributed by atoms with E-state index < -0.39 is 10.0 Å². The van der Waals surface area contributed by atoms with Crippen LogP contribution in [0.4, 0.5) is 11.6 Å². The van der Waals surface area contributed by atoms with E-state index in [0.29, 0.717) is 31.7 Å². The highest BCUT2D eigenvalue weighted by molar-refractivity contribution is 7.89. The van der Waals surface area contributed by atoms with Crippen LogP contribution in [0.2, 0.25) is 0 Å². The fraction of sp³-hybridized carbons (Fsp3) is 0.550. The van der Waals surface area contributed by atoms with E-state index in [9.17, 15) is 13.2 Å². The Labute approximate surface area is 171 Å². The second-order valence-electron chi connectivity index (χ2n) is 7.64. The Morgan fingerprint density at radius 3 is 2.31 bits per heavy atom. The summed E-state index contributed by atoms with van der Waals surface area (Å²) < 4.78 is 25.6. The van der Waals surface area contributed by atoms with Crippen molar-refractivity contribution < 1.29 is 13.2 Å². The normalized spacial score (nSPS) is 19.0. The van der Waals surface area contributed by atoms with Crippen molar-refractivity contribution >= 4 is 38.6 Å². The standard InChI is InChI=1S/C20H27N5O3S/c1-2-29(27,28)25-13-9-15(10-14-25)20(26)23-18-19(24-11-5-6-12-24)22-17-8-4-3-7-16(17)21-18/h3-4,7-8,15H,2,5-6,9-14H2,1H3,(H,21,23,26). The molecule has 156 valence electrons. The molecule has 0 bridgehead atoms. The summed E-state index contributed by atoms with van der Waals surface area (Å²) in [5, 5.41) is 2.99. The number of sulfonamides is 1. The number of rotatable bonds is 5. The van der Waals surface area contributed by atoms with Crippen LogP contribution in [0.15, 0.2) is 24.3 Å². The number of anilines is 2. The number of piperidine rings is 1. The van der Waals surface area contributed by atoms with Crippen LogP contribution in [0.25, 0.3) is 11.0 Å². The molecule has 0 atom stereocenters. The predicted octanol–water partition coefficient (Wildman–Crippen LogP) is 2.23. The maximum absolute atomic E-state index is 12.9. The third-order valence-corrected chi connectivity index (χ3v) is 7.66. The number of amides is 1. The van der Waals surface area contributed by atoms with Gasteiger partial charge < -0.3 is 10.2 Å². The molecule has 8 nitrogen and oxygen atoms in total. The van der Waals surface area contributed by atoms with Crippen LogP contribution < -0.4 is 10.2 Å². The first kappa shape index (κ1) is 20.0. The summed E-state index contributed by atoms with van der Waals surface area (Å²) in [7, 11) is -3.20. The molecule has 1 aromatic heterocycles. The lowest BCUT2D eigenvalue weighted by molar-refractivity contribution is -0.120. The molecule has 29 heavy (non-hydrogen) atoms. The minimum Gasteiger partial charge on any atom is -0.354 e. The molecule has 4 rings (SSSR count). The van der Waals surface area contributed by atoms with Gasteiger partial charge in [0.2, 0.25) is 15.9 Å². The first-order valence-electron chi connectivity index (χ1n) is 10.3. The SMILES string of the molecule is CCS(=O)(=O)N1CCC(C(=O)Nc2nc3ccccc3nc2N2CCCC2)CC1. The van der Waals surface area contributed by atoms with Gasteiger partial charge in [0, 0.05) is 32.1 Å². The molecule has 0 radical (unpaired) electrons. The lowest BCUT2D eigenvalue weighted by Gasteiger charge is -2.30. The summed E-state index contributed by atoms with van der Waals surface area (Å²) in [5.74, 6) is 0.983. The number of nitrogens with one attached hydrogen (secondary N) is 1. The van der Waals surface area contributed by atoms with E-state index in [4.69, 9.17) is 4.98 Å². The lowest BCUT2D eigenvalue weighted by atomic mass is 9.97. The summed E-state index contributed by atoms with van der Waals surface area (Å²) in [6.07, 6.45) is 3.24. The summed E-state index contributed by atoms with van der Waals surface area (Å²) >= 11 is 0. The van der Waals surface area contributed by atoms with Crippen molar-refractivity contribution in [2.45, 2.75) is 32.6 Å². The minimum absolute atomic E-state index is 0.0930. The zero-order valence-corrected chi connectivity index (χ0v) is 17.5. The molecular weight excluding hydrogens is 390 g/mol. The third-order valence-electron chi connectivity index (χ3n) is 5.78. The van der Waals surface area contributed by atoms with Crippen molar-refractivity contribution in [1.82, 2.24) is 14.3 Å². The molecule has 2 aliphatic rings. The molecule has 9 heteroatoms. The number of benzene rings is 1. The number of carbonyl (C=O) groups is 1. The van der Waals surface area contributed by atoms with Gasteiger partial charge in [-0.3, -0.25) is 4.79 Å². The van der Waals surface area contributed by atoms with Crippen LogP contribution in [-0.2, 0) is 14.8 Å². The van der Waals surface area contributed by atoms with E-state index in [1.807, 2.05) is 24.3 Å². The molecule has 2 aliphatic heterocycles. The average molecular weight is 418 g/mol. The summed E-state index contributed by atoms with van der Waals surface area (Å²) in [5.41, 5.74) is 1.56. The van der Waals surface area contributed by atoms with Gasteiger partial charge in [-0.2, -0.15) is 0 Å². The van der Waals surface area contributed by atoms with Gasteiger partial charge >= 0.3 is 0 Å².